The van der Waals surface area contributed by atoms with E-state index in [1.54, 1.807) is 20.2 Å². The number of fused-ring (bicyclic) bond motifs is 1. The molecule has 0 radical (unpaired) electrons. The number of likely N-dealkylation sites (N-methyl/N-ethyl adjacent to an activating group) is 1. The van der Waals surface area contributed by atoms with Crippen LogP contribution < -0.4 is 4.74 Å². The molecule has 2 aromatic rings. The first-order valence-electron chi connectivity index (χ1n) is 7.06. The molecule has 0 aliphatic heterocycles. The van der Waals surface area contributed by atoms with E-state index in [1.807, 2.05) is 49.4 Å². The number of amides is 1. The lowest BCUT2D eigenvalue weighted by atomic mass is 10.0. The molecule has 2 aromatic carbocycles. The van der Waals surface area contributed by atoms with Crippen molar-refractivity contribution in [2.45, 2.75) is 6.92 Å². The van der Waals surface area contributed by atoms with Gasteiger partial charge in [-0.25, -0.2) is 0 Å². The summed E-state index contributed by atoms with van der Waals surface area (Å²) in [5.41, 5.74) is 0.842. The van der Waals surface area contributed by atoms with E-state index in [4.69, 9.17) is 4.74 Å². The molecule has 0 saturated heterocycles. The van der Waals surface area contributed by atoms with Gasteiger partial charge >= 0.3 is 0 Å². The van der Waals surface area contributed by atoms with Gasteiger partial charge in [-0.2, -0.15) is 5.26 Å². The first-order valence-corrected chi connectivity index (χ1v) is 7.06. The highest BCUT2D eigenvalue weighted by molar-refractivity contribution is 6.04. The second-order valence-corrected chi connectivity index (χ2v) is 5.00. The van der Waals surface area contributed by atoms with Crippen LogP contribution in [0, 0.1) is 11.3 Å². The third-order valence-electron chi connectivity index (χ3n) is 3.28. The number of ether oxygens (including phenoxy) is 1. The van der Waals surface area contributed by atoms with Crippen LogP contribution in [-0.2, 0) is 4.79 Å². The van der Waals surface area contributed by atoms with E-state index in [9.17, 15) is 10.1 Å². The van der Waals surface area contributed by atoms with Gasteiger partial charge in [0.15, 0.2) is 0 Å². The van der Waals surface area contributed by atoms with Gasteiger partial charge in [0.05, 0.1) is 6.61 Å². The Morgan fingerprint density at radius 2 is 2.00 bits per heavy atom. The minimum absolute atomic E-state index is 0.0855. The fourth-order valence-corrected chi connectivity index (χ4v) is 2.23. The first kappa shape index (κ1) is 15.6. The number of hydrogen-bond donors (Lipinski definition) is 0. The van der Waals surface area contributed by atoms with Gasteiger partial charge in [0, 0.05) is 19.7 Å². The zero-order valence-corrected chi connectivity index (χ0v) is 13.0. The van der Waals surface area contributed by atoms with E-state index in [0.717, 1.165) is 16.3 Å². The molecule has 0 spiro atoms. The molecule has 0 bridgehead atoms. The highest BCUT2D eigenvalue weighted by Crippen LogP contribution is 2.30. The van der Waals surface area contributed by atoms with Crippen molar-refractivity contribution in [1.82, 2.24) is 4.90 Å². The summed E-state index contributed by atoms with van der Waals surface area (Å²) in [5.74, 6) is 0.346. The van der Waals surface area contributed by atoms with Gasteiger partial charge in [0.2, 0.25) is 0 Å². The van der Waals surface area contributed by atoms with Crippen LogP contribution in [0.2, 0.25) is 0 Å². The molecule has 0 saturated carbocycles. The number of rotatable bonds is 4. The summed E-state index contributed by atoms with van der Waals surface area (Å²) >= 11 is 0. The van der Waals surface area contributed by atoms with E-state index in [2.05, 4.69) is 0 Å². The van der Waals surface area contributed by atoms with E-state index in [-0.39, 0.29) is 11.5 Å². The second-order valence-electron chi connectivity index (χ2n) is 5.00. The third-order valence-corrected chi connectivity index (χ3v) is 3.28. The topological polar surface area (TPSA) is 53.3 Å². The number of hydrogen-bond acceptors (Lipinski definition) is 3. The molecule has 2 rings (SSSR count). The molecule has 0 N–H and O–H groups in total. The molecule has 4 heteroatoms. The fraction of sp³-hybridized carbons (Fsp3) is 0.222. The van der Waals surface area contributed by atoms with Crippen LogP contribution in [0.5, 0.6) is 5.75 Å². The maximum atomic E-state index is 12.1. The van der Waals surface area contributed by atoms with Crippen LogP contribution in [0.15, 0.2) is 42.0 Å². The maximum Gasteiger partial charge on any atom is 0.264 e. The zero-order chi connectivity index (χ0) is 16.1. The summed E-state index contributed by atoms with van der Waals surface area (Å²) in [4.78, 5) is 13.5. The van der Waals surface area contributed by atoms with Crippen molar-refractivity contribution >= 4 is 22.8 Å². The lowest BCUT2D eigenvalue weighted by Crippen LogP contribution is -2.22. The van der Waals surface area contributed by atoms with Crippen molar-refractivity contribution in [1.29, 1.82) is 5.26 Å². The fourth-order valence-electron chi connectivity index (χ4n) is 2.23. The molecular formula is C18H18N2O2. The van der Waals surface area contributed by atoms with Gasteiger partial charge in [-0.3, -0.25) is 4.79 Å². The van der Waals surface area contributed by atoms with E-state index in [0.29, 0.717) is 12.4 Å². The third kappa shape index (κ3) is 3.09. The molecule has 1 amide bonds. The molecule has 0 unspecified atom stereocenters. The molecule has 0 aliphatic carbocycles. The van der Waals surface area contributed by atoms with E-state index in [1.165, 1.54) is 4.90 Å². The van der Waals surface area contributed by atoms with Gasteiger partial charge in [0.25, 0.3) is 5.91 Å². The highest BCUT2D eigenvalue weighted by Gasteiger charge is 2.14. The average molecular weight is 294 g/mol. The smallest absolute Gasteiger partial charge is 0.264 e. The highest BCUT2D eigenvalue weighted by atomic mass is 16.5. The van der Waals surface area contributed by atoms with Crippen molar-refractivity contribution in [2.24, 2.45) is 0 Å². The summed E-state index contributed by atoms with van der Waals surface area (Å²) in [6.07, 6.45) is 1.61. The predicted molar refractivity (Wildman–Crippen MR) is 87.4 cm³/mol. The molecule has 22 heavy (non-hydrogen) atoms. The number of nitriles is 1. The minimum Gasteiger partial charge on any atom is -0.493 e. The van der Waals surface area contributed by atoms with E-state index >= 15 is 0 Å². The standard InChI is InChI=1S/C18H18N2O2/c1-4-22-17-10-9-13-7-5-6-8-15(13)16(17)11-14(12-19)18(21)20(2)3/h5-11H,4H2,1-3H3/b14-11-. The summed E-state index contributed by atoms with van der Waals surface area (Å²) in [6, 6.07) is 13.6. The first-order chi connectivity index (χ1) is 10.6. The minimum atomic E-state index is -0.321. The van der Waals surface area contributed by atoms with Crippen LogP contribution >= 0.6 is 0 Å². The quantitative estimate of drug-likeness (QED) is 0.642. The van der Waals surface area contributed by atoms with Crippen LogP contribution in [0.25, 0.3) is 16.8 Å². The summed E-state index contributed by atoms with van der Waals surface area (Å²) in [6.45, 7) is 2.42. The van der Waals surface area contributed by atoms with Crippen molar-refractivity contribution < 1.29 is 9.53 Å². The lowest BCUT2D eigenvalue weighted by molar-refractivity contribution is -0.124. The monoisotopic (exact) mass is 294 g/mol. The van der Waals surface area contributed by atoms with Crippen molar-refractivity contribution in [2.75, 3.05) is 20.7 Å². The average Bonchev–Trinajstić information content (AvgIpc) is 2.53. The van der Waals surface area contributed by atoms with Crippen molar-refractivity contribution in [3.05, 3.63) is 47.5 Å². The van der Waals surface area contributed by atoms with Gasteiger partial charge in [-0.05, 0) is 29.8 Å². The number of nitrogens with zero attached hydrogens (tertiary/aromatic N) is 2. The van der Waals surface area contributed by atoms with Gasteiger partial charge < -0.3 is 9.64 Å². The molecule has 0 fully saturated rings. The second kappa shape index (κ2) is 6.77. The summed E-state index contributed by atoms with van der Waals surface area (Å²) in [7, 11) is 3.25. The SMILES string of the molecule is CCOc1ccc2ccccc2c1/C=C(/C#N)C(=O)N(C)C. The van der Waals surface area contributed by atoms with Crippen LogP contribution in [0.1, 0.15) is 12.5 Å². The molecule has 0 heterocycles. The Bertz CT molecular complexity index is 770. The van der Waals surface area contributed by atoms with Gasteiger partial charge in [0.1, 0.15) is 17.4 Å². The Labute approximate surface area is 130 Å². The Kier molecular flexibility index (Phi) is 4.80. The molecule has 0 aromatic heterocycles. The van der Waals surface area contributed by atoms with Crippen molar-refractivity contribution in [3.8, 4) is 11.8 Å². The summed E-state index contributed by atoms with van der Waals surface area (Å²) < 4.78 is 5.65. The van der Waals surface area contributed by atoms with Crippen LogP contribution in [-0.4, -0.2) is 31.5 Å². The number of benzene rings is 2. The van der Waals surface area contributed by atoms with Gasteiger partial charge in [-0.15, -0.1) is 0 Å². The van der Waals surface area contributed by atoms with Crippen molar-refractivity contribution in [3.63, 3.8) is 0 Å². The normalized spacial score (nSPS) is 11.1. The van der Waals surface area contributed by atoms with Crippen LogP contribution in [0.3, 0.4) is 0 Å². The molecule has 0 atom stereocenters. The molecule has 4 nitrogen and oxygen atoms in total. The van der Waals surface area contributed by atoms with E-state index < -0.39 is 0 Å². The predicted octanol–water partition coefficient (Wildman–Crippen LogP) is 3.23. The zero-order valence-electron chi connectivity index (χ0n) is 13.0. The Balaban J connectivity index is 2.68. The maximum absolute atomic E-state index is 12.1. The lowest BCUT2D eigenvalue weighted by Gasteiger charge is -2.12. The molecule has 112 valence electrons. The largest absolute Gasteiger partial charge is 0.493 e. The number of carbonyl (C=O) groups is 1. The van der Waals surface area contributed by atoms with Crippen LogP contribution in [0.4, 0.5) is 0 Å². The summed E-state index contributed by atoms with van der Waals surface area (Å²) in [5, 5.41) is 11.3. The Morgan fingerprint density at radius 3 is 2.64 bits per heavy atom. The molecular weight excluding hydrogens is 276 g/mol. The van der Waals surface area contributed by atoms with Gasteiger partial charge in [-0.1, -0.05) is 30.3 Å². The Hall–Kier alpha value is -2.80. The number of carbonyl (C=O) groups excluding carboxylic acids is 1. The Morgan fingerprint density at radius 1 is 1.27 bits per heavy atom. The molecule has 0 aliphatic rings.